The number of hydrogen-bond acceptors (Lipinski definition) is 8. The first kappa shape index (κ1) is 37.5. The van der Waals surface area contributed by atoms with E-state index in [-0.39, 0.29) is 41.6 Å². The Bertz CT molecular complexity index is 2340. The Labute approximate surface area is 328 Å². The van der Waals surface area contributed by atoms with E-state index in [1.165, 1.54) is 18.1 Å². The second-order valence-corrected chi connectivity index (χ2v) is 15.2. The molecule has 0 spiro atoms. The number of anilines is 2. The average Bonchev–Trinajstić information content (AvgIpc) is 3.56. The summed E-state index contributed by atoms with van der Waals surface area (Å²) in [5, 5.41) is 12.3. The zero-order valence-electron chi connectivity index (χ0n) is 29.8. The molecule has 2 N–H and O–H groups in total. The van der Waals surface area contributed by atoms with E-state index < -0.39 is 69.5 Å². The van der Waals surface area contributed by atoms with Crippen molar-refractivity contribution in [3.05, 3.63) is 123 Å². The van der Waals surface area contributed by atoms with Crippen molar-refractivity contribution < 1.29 is 42.2 Å². The van der Waals surface area contributed by atoms with Crippen LogP contribution in [0.1, 0.15) is 47.9 Å². The number of aryl methyl sites for hydroxylation is 1. The monoisotopic (exact) mass is 804 g/mol. The predicted molar refractivity (Wildman–Crippen MR) is 200 cm³/mol. The molecular weight excluding hydrogens is 772 g/mol. The van der Waals surface area contributed by atoms with E-state index in [2.05, 4.69) is 10.4 Å². The minimum atomic E-state index is -4.76. The number of rotatable bonds is 7. The van der Waals surface area contributed by atoms with Crippen molar-refractivity contribution in [2.75, 3.05) is 17.4 Å². The molecule has 0 unspecified atom stereocenters. The van der Waals surface area contributed by atoms with E-state index in [0.29, 0.717) is 39.1 Å². The summed E-state index contributed by atoms with van der Waals surface area (Å²) in [6.07, 6.45) is -1.57. The Kier molecular flexibility index (Phi) is 9.15. The Hall–Kier alpha value is -5.40. The van der Waals surface area contributed by atoms with Crippen molar-refractivity contribution in [1.29, 1.82) is 0 Å². The van der Waals surface area contributed by atoms with Crippen LogP contribution in [-0.4, -0.2) is 45.8 Å². The highest BCUT2D eigenvalue weighted by molar-refractivity contribution is 6.33. The van der Waals surface area contributed by atoms with Crippen molar-refractivity contribution >= 4 is 58.3 Å². The normalized spacial score (nSPS) is 25.8. The third-order valence-electron chi connectivity index (χ3n) is 11.7. The van der Waals surface area contributed by atoms with Crippen molar-refractivity contribution in [2.45, 2.75) is 43.7 Å². The van der Waals surface area contributed by atoms with Crippen LogP contribution in [0.4, 0.5) is 24.7 Å². The van der Waals surface area contributed by atoms with Crippen LogP contribution in [0.5, 0.6) is 11.5 Å². The van der Waals surface area contributed by atoms with E-state index in [1.807, 2.05) is 25.1 Å². The van der Waals surface area contributed by atoms with E-state index in [9.17, 15) is 32.7 Å². The van der Waals surface area contributed by atoms with E-state index >= 15 is 4.79 Å². The van der Waals surface area contributed by atoms with Crippen LogP contribution < -0.4 is 15.1 Å². The second kappa shape index (κ2) is 13.7. The SMILES string of the molecule is CCc1ccc(N2C(=O)[C@H]3[C@H](CC=C4[C@H]3C[C@H]3C(=O)N(Nc5ncc(C(F)(F)F)cc5Cl)C(=O)[C@@]3(c3ccc(Cl)cc3)[C@H]4c3cccc(OC)c3O)C2=O)cc1. The number of pyridine rings is 1. The van der Waals surface area contributed by atoms with Crippen LogP contribution >= 0.6 is 23.2 Å². The first-order chi connectivity index (χ1) is 26.7. The number of imide groups is 2. The Morgan fingerprint density at radius 3 is 2.32 bits per heavy atom. The van der Waals surface area contributed by atoms with Gasteiger partial charge in [-0.05, 0) is 72.7 Å². The number of benzene rings is 3. The first-order valence-electron chi connectivity index (χ1n) is 17.9. The first-order valence-corrected chi connectivity index (χ1v) is 18.6. The highest BCUT2D eigenvalue weighted by Gasteiger charge is 2.71. The molecule has 2 aliphatic heterocycles. The molecule has 3 aromatic carbocycles. The van der Waals surface area contributed by atoms with Crippen LogP contribution in [0.25, 0.3) is 0 Å². The smallest absolute Gasteiger partial charge is 0.417 e. The third-order valence-corrected chi connectivity index (χ3v) is 12.3. The Morgan fingerprint density at radius 2 is 1.68 bits per heavy atom. The van der Waals surface area contributed by atoms with Gasteiger partial charge in [-0.3, -0.25) is 29.5 Å². The number of amides is 4. The van der Waals surface area contributed by atoms with E-state index in [0.717, 1.165) is 12.0 Å². The molecule has 4 aromatic rings. The summed E-state index contributed by atoms with van der Waals surface area (Å²) in [7, 11) is 1.37. The molecule has 2 aliphatic carbocycles. The molecule has 8 rings (SSSR count). The highest BCUT2D eigenvalue weighted by Crippen LogP contribution is 2.65. The molecule has 4 aliphatic rings. The largest absolute Gasteiger partial charge is 0.504 e. The van der Waals surface area contributed by atoms with Crippen molar-refractivity contribution in [3.8, 4) is 11.5 Å². The van der Waals surface area contributed by atoms with Crippen LogP contribution in [0, 0.1) is 23.7 Å². The second-order valence-electron chi connectivity index (χ2n) is 14.3. The number of para-hydroxylation sites is 1. The number of phenolic OH excluding ortho intramolecular Hbond substituents is 1. The molecule has 0 bridgehead atoms. The van der Waals surface area contributed by atoms with Gasteiger partial charge in [0.25, 0.3) is 11.8 Å². The van der Waals surface area contributed by atoms with Crippen LogP contribution in [0.2, 0.25) is 10.0 Å². The van der Waals surface area contributed by atoms with Gasteiger partial charge in [-0.25, -0.2) is 4.98 Å². The van der Waals surface area contributed by atoms with Gasteiger partial charge in [0.2, 0.25) is 11.8 Å². The van der Waals surface area contributed by atoms with Crippen molar-refractivity contribution in [2.24, 2.45) is 23.7 Å². The zero-order chi connectivity index (χ0) is 39.8. The number of hydrogen-bond donors (Lipinski definition) is 2. The van der Waals surface area contributed by atoms with Gasteiger partial charge >= 0.3 is 6.18 Å². The molecular formula is C41H33Cl2F3N4O6. The molecule has 56 heavy (non-hydrogen) atoms. The number of aromatic hydroxyl groups is 1. The number of carbonyl (C=O) groups is 4. The lowest BCUT2D eigenvalue weighted by Crippen LogP contribution is -2.53. The molecule has 4 amide bonds. The molecule has 288 valence electrons. The third kappa shape index (κ3) is 5.57. The average molecular weight is 806 g/mol. The van der Waals surface area contributed by atoms with Gasteiger partial charge in [-0.2, -0.15) is 18.2 Å². The number of carbonyl (C=O) groups excluding carboxylic acids is 4. The van der Waals surface area contributed by atoms with Gasteiger partial charge in [0.1, 0.15) is 0 Å². The highest BCUT2D eigenvalue weighted by atomic mass is 35.5. The molecule has 6 atom stereocenters. The topological polar surface area (TPSA) is 129 Å². The number of allylic oxidation sites excluding steroid dienone is 2. The maximum atomic E-state index is 15.3. The Balaban J connectivity index is 1.31. The number of alkyl halides is 3. The summed E-state index contributed by atoms with van der Waals surface area (Å²) in [5.74, 6) is -7.81. The summed E-state index contributed by atoms with van der Waals surface area (Å²) in [6, 6.07) is 18.9. The van der Waals surface area contributed by atoms with Gasteiger partial charge in [0.05, 0.1) is 46.6 Å². The number of fused-ring (bicyclic) bond motifs is 4. The number of nitrogens with one attached hydrogen (secondary N) is 1. The lowest BCUT2D eigenvalue weighted by atomic mass is 9.49. The molecule has 10 nitrogen and oxygen atoms in total. The molecule has 3 heterocycles. The lowest BCUT2D eigenvalue weighted by molar-refractivity contribution is -0.139. The molecule has 15 heteroatoms. The van der Waals surface area contributed by atoms with Gasteiger partial charge < -0.3 is 9.84 Å². The number of methoxy groups -OCH3 is 1. The van der Waals surface area contributed by atoms with Crippen LogP contribution in [0.3, 0.4) is 0 Å². The number of hydrazine groups is 1. The molecule has 0 radical (unpaired) electrons. The number of nitrogens with zero attached hydrogens (tertiary/aromatic N) is 3. The number of halogens is 5. The van der Waals surface area contributed by atoms with E-state index in [1.54, 1.807) is 48.5 Å². The summed E-state index contributed by atoms with van der Waals surface area (Å²) in [4.78, 5) is 63.9. The van der Waals surface area contributed by atoms with E-state index in [4.69, 9.17) is 27.9 Å². The van der Waals surface area contributed by atoms with Crippen LogP contribution in [-0.2, 0) is 37.2 Å². The number of ether oxygens (including phenoxy) is 1. The minimum absolute atomic E-state index is 0.0740. The fourth-order valence-corrected chi connectivity index (χ4v) is 9.53. The predicted octanol–water partition coefficient (Wildman–Crippen LogP) is 7.87. The molecule has 1 aromatic heterocycles. The maximum Gasteiger partial charge on any atom is 0.417 e. The maximum absolute atomic E-state index is 15.3. The van der Waals surface area contributed by atoms with Gasteiger partial charge in [0, 0.05) is 22.7 Å². The quantitative estimate of drug-likeness (QED) is 0.143. The fourth-order valence-electron chi connectivity index (χ4n) is 9.20. The standard InChI is InChI=1S/C41H33Cl2F3N4O6/c1-3-20-7-13-24(14-8-20)49-36(52)26-16-15-25-28(32(26)38(49)54)18-29-37(53)50(48-35-30(43)17-22(19-47-35)41(44,45)46)39(55)40(29,21-9-11-23(42)12-10-21)33(25)27-5-4-6-31(56-2)34(27)51/h4-15,17,19,26,28-29,32-33,51H,3,16,18H2,1-2H3,(H,47,48)/t26-,28+,29-,32-,33+,40+/m0/s1. The minimum Gasteiger partial charge on any atom is -0.504 e. The Morgan fingerprint density at radius 1 is 0.964 bits per heavy atom. The zero-order valence-corrected chi connectivity index (χ0v) is 31.3. The lowest BCUT2D eigenvalue weighted by Gasteiger charge is -2.50. The van der Waals surface area contributed by atoms with Gasteiger partial charge in [0.15, 0.2) is 17.3 Å². The summed E-state index contributed by atoms with van der Waals surface area (Å²) < 4.78 is 46.0. The van der Waals surface area contributed by atoms with Crippen molar-refractivity contribution in [3.63, 3.8) is 0 Å². The number of aromatic nitrogens is 1. The molecule has 2 saturated heterocycles. The summed E-state index contributed by atoms with van der Waals surface area (Å²) in [6.45, 7) is 1.99. The van der Waals surface area contributed by atoms with Crippen molar-refractivity contribution in [1.82, 2.24) is 9.99 Å². The van der Waals surface area contributed by atoms with Gasteiger partial charge in [-0.15, -0.1) is 0 Å². The fraction of sp³-hybridized carbons (Fsp3) is 0.293. The van der Waals surface area contributed by atoms with Crippen LogP contribution in [0.15, 0.2) is 90.6 Å². The van der Waals surface area contributed by atoms with Gasteiger partial charge in [-0.1, -0.05) is 78.2 Å². The molecule has 3 fully saturated rings. The molecule has 1 saturated carbocycles. The summed E-state index contributed by atoms with van der Waals surface area (Å²) in [5.41, 5.74) is 2.22. The summed E-state index contributed by atoms with van der Waals surface area (Å²) >= 11 is 12.6. The number of phenols is 1.